The standard InChI is InChI=1S/C27H19BrS2/c1-16-14-17-15-22(28)18-8-2-3-9-19(18)25(17)26(16)27(30-26)20-10-4-6-12-23(20)29-24-13-7-5-11-21(24)27/h2-13,15-16H,14H2,1H3. The maximum Gasteiger partial charge on any atom is 0.0879 e. The maximum absolute atomic E-state index is 3.86. The SMILES string of the molecule is CC1Cc2cc(Br)c3ccccc3c2C12SC21c2ccccc2Sc2ccccc21. The summed E-state index contributed by atoms with van der Waals surface area (Å²) in [4.78, 5) is 2.84. The van der Waals surface area contributed by atoms with Crippen molar-refractivity contribution in [2.75, 3.05) is 0 Å². The van der Waals surface area contributed by atoms with Gasteiger partial charge in [-0.3, -0.25) is 0 Å². The lowest BCUT2D eigenvalue weighted by molar-refractivity contribution is 0.446. The third-order valence-corrected chi connectivity index (χ3v) is 11.1. The van der Waals surface area contributed by atoms with Gasteiger partial charge in [-0.15, -0.1) is 11.8 Å². The second-order valence-electron chi connectivity index (χ2n) is 8.66. The minimum absolute atomic E-state index is 0.00665. The predicted octanol–water partition coefficient (Wildman–Crippen LogP) is 8.15. The monoisotopic (exact) mass is 486 g/mol. The zero-order chi connectivity index (χ0) is 20.1. The van der Waals surface area contributed by atoms with Crippen LogP contribution in [0.15, 0.2) is 93.1 Å². The number of rotatable bonds is 0. The minimum atomic E-state index is 0.00665. The van der Waals surface area contributed by atoms with Crippen molar-refractivity contribution in [3.05, 3.63) is 106 Å². The van der Waals surface area contributed by atoms with Gasteiger partial charge in [-0.1, -0.05) is 95.3 Å². The van der Waals surface area contributed by atoms with Crippen molar-refractivity contribution >= 4 is 50.2 Å². The Morgan fingerprint density at radius 1 is 0.833 bits per heavy atom. The Kier molecular flexibility index (Phi) is 3.57. The number of halogens is 1. The molecule has 0 bridgehead atoms. The molecule has 146 valence electrons. The van der Waals surface area contributed by atoms with E-state index in [1.807, 2.05) is 11.8 Å². The van der Waals surface area contributed by atoms with Crippen molar-refractivity contribution in [3.63, 3.8) is 0 Å². The summed E-state index contributed by atoms with van der Waals surface area (Å²) in [6, 6.07) is 29.5. The lowest BCUT2D eigenvalue weighted by Crippen LogP contribution is -2.29. The fourth-order valence-electron chi connectivity index (χ4n) is 6.06. The smallest absolute Gasteiger partial charge is 0.0879 e. The topological polar surface area (TPSA) is 0 Å². The van der Waals surface area contributed by atoms with E-state index in [-0.39, 0.29) is 9.49 Å². The van der Waals surface area contributed by atoms with Crippen LogP contribution >= 0.6 is 39.5 Å². The summed E-state index contributed by atoms with van der Waals surface area (Å²) in [7, 11) is 0. The average Bonchev–Trinajstić information content (AvgIpc) is 3.36. The fourth-order valence-corrected chi connectivity index (χ4v) is 10.2. The largest absolute Gasteiger partial charge is 0.129 e. The fraction of sp³-hybridized carbons (Fsp3) is 0.185. The van der Waals surface area contributed by atoms with E-state index < -0.39 is 0 Å². The highest BCUT2D eigenvalue weighted by Gasteiger charge is 2.77. The van der Waals surface area contributed by atoms with Crippen molar-refractivity contribution in [2.45, 2.75) is 32.6 Å². The lowest BCUT2D eigenvalue weighted by Gasteiger charge is -2.32. The normalized spacial score (nSPS) is 24.7. The molecule has 4 aromatic rings. The highest BCUT2D eigenvalue weighted by Crippen LogP contribution is 2.86. The summed E-state index contributed by atoms with van der Waals surface area (Å²) in [5, 5.41) is 2.75. The quantitative estimate of drug-likeness (QED) is 0.230. The van der Waals surface area contributed by atoms with Gasteiger partial charge in [0.1, 0.15) is 0 Å². The molecule has 0 N–H and O–H groups in total. The first kappa shape index (κ1) is 17.9. The van der Waals surface area contributed by atoms with Crippen LogP contribution in [0, 0.1) is 5.92 Å². The van der Waals surface area contributed by atoms with Crippen molar-refractivity contribution < 1.29 is 0 Å². The first-order valence-corrected chi connectivity index (χ1v) is 12.9. The van der Waals surface area contributed by atoms with Gasteiger partial charge in [0.15, 0.2) is 0 Å². The minimum Gasteiger partial charge on any atom is -0.129 e. The molecule has 0 aromatic heterocycles. The van der Waals surface area contributed by atoms with Crippen LogP contribution in [0.2, 0.25) is 0 Å². The molecular formula is C27H19BrS2. The van der Waals surface area contributed by atoms with Gasteiger partial charge in [-0.25, -0.2) is 0 Å². The van der Waals surface area contributed by atoms with E-state index in [2.05, 4.69) is 113 Å². The molecule has 1 saturated heterocycles. The van der Waals surface area contributed by atoms with E-state index >= 15 is 0 Å². The Hall–Kier alpha value is -1.68. The van der Waals surface area contributed by atoms with E-state index in [1.165, 1.54) is 41.7 Å². The van der Waals surface area contributed by atoms with Crippen molar-refractivity contribution in [1.82, 2.24) is 0 Å². The van der Waals surface area contributed by atoms with Crippen LogP contribution in [0.25, 0.3) is 10.8 Å². The highest BCUT2D eigenvalue weighted by molar-refractivity contribution is 9.10. The van der Waals surface area contributed by atoms with Crippen LogP contribution in [0.5, 0.6) is 0 Å². The van der Waals surface area contributed by atoms with Crippen molar-refractivity contribution in [1.29, 1.82) is 0 Å². The van der Waals surface area contributed by atoms with Gasteiger partial charge in [0.05, 0.1) is 9.49 Å². The molecule has 2 atom stereocenters. The summed E-state index contributed by atoms with van der Waals surface area (Å²) in [6.45, 7) is 2.47. The molecule has 2 heterocycles. The van der Waals surface area contributed by atoms with E-state index in [4.69, 9.17) is 0 Å². The Balaban J connectivity index is 1.60. The van der Waals surface area contributed by atoms with Gasteiger partial charge in [0, 0.05) is 14.3 Å². The summed E-state index contributed by atoms with van der Waals surface area (Å²) < 4.78 is 1.32. The van der Waals surface area contributed by atoms with E-state index in [9.17, 15) is 0 Å². The van der Waals surface area contributed by atoms with Gasteiger partial charge in [0.2, 0.25) is 0 Å². The van der Waals surface area contributed by atoms with Crippen LogP contribution in [-0.2, 0) is 15.9 Å². The Bertz CT molecular complexity index is 1330. The van der Waals surface area contributed by atoms with Crippen LogP contribution in [-0.4, -0.2) is 0 Å². The number of thioether (sulfide) groups is 1. The van der Waals surface area contributed by atoms with E-state index in [1.54, 1.807) is 5.56 Å². The van der Waals surface area contributed by atoms with Crippen LogP contribution < -0.4 is 0 Å². The van der Waals surface area contributed by atoms with E-state index in [0.29, 0.717) is 5.92 Å². The van der Waals surface area contributed by atoms with Crippen LogP contribution in [0.1, 0.15) is 29.2 Å². The molecule has 3 heteroatoms. The van der Waals surface area contributed by atoms with Crippen molar-refractivity contribution in [3.8, 4) is 0 Å². The molecule has 1 aliphatic carbocycles. The number of fused-ring (bicyclic) bond motifs is 9. The van der Waals surface area contributed by atoms with Gasteiger partial charge >= 0.3 is 0 Å². The Morgan fingerprint density at radius 3 is 2.13 bits per heavy atom. The first-order chi connectivity index (χ1) is 14.7. The molecular weight excluding hydrogens is 468 g/mol. The molecule has 1 fully saturated rings. The molecule has 3 aliphatic rings. The molecule has 2 unspecified atom stereocenters. The predicted molar refractivity (Wildman–Crippen MR) is 132 cm³/mol. The third kappa shape index (κ3) is 1.98. The van der Waals surface area contributed by atoms with Crippen molar-refractivity contribution in [2.24, 2.45) is 5.92 Å². The Morgan fingerprint density at radius 2 is 1.43 bits per heavy atom. The molecule has 0 saturated carbocycles. The molecule has 30 heavy (non-hydrogen) atoms. The third-order valence-electron chi connectivity index (χ3n) is 7.22. The van der Waals surface area contributed by atoms with Crippen LogP contribution in [0.3, 0.4) is 0 Å². The number of hydrogen-bond acceptors (Lipinski definition) is 2. The molecule has 2 aliphatic heterocycles. The summed E-state index contributed by atoms with van der Waals surface area (Å²) in [5.74, 6) is 0.583. The first-order valence-electron chi connectivity index (χ1n) is 10.4. The second-order valence-corrected chi connectivity index (χ2v) is 12.1. The van der Waals surface area contributed by atoms with Gasteiger partial charge in [-0.05, 0) is 63.6 Å². The molecule has 0 nitrogen and oxygen atoms in total. The zero-order valence-electron chi connectivity index (χ0n) is 16.5. The maximum atomic E-state index is 3.86. The highest BCUT2D eigenvalue weighted by atomic mass is 79.9. The molecule has 0 amide bonds. The second kappa shape index (κ2) is 5.97. The lowest BCUT2D eigenvalue weighted by atomic mass is 9.73. The molecule has 2 spiro atoms. The Labute approximate surface area is 193 Å². The number of hydrogen-bond donors (Lipinski definition) is 0. The molecule has 7 rings (SSSR count). The summed E-state index contributed by atoms with van der Waals surface area (Å²) in [5.41, 5.74) is 6.11. The average molecular weight is 487 g/mol. The summed E-state index contributed by atoms with van der Waals surface area (Å²) >= 11 is 7.99. The molecule has 0 radical (unpaired) electrons. The van der Waals surface area contributed by atoms with Gasteiger partial charge in [0.25, 0.3) is 0 Å². The zero-order valence-corrected chi connectivity index (χ0v) is 19.7. The van der Waals surface area contributed by atoms with Crippen LogP contribution in [0.4, 0.5) is 0 Å². The van der Waals surface area contributed by atoms with E-state index in [0.717, 1.165) is 6.42 Å². The summed E-state index contributed by atoms with van der Waals surface area (Å²) in [6.07, 6.45) is 1.14. The van der Waals surface area contributed by atoms with Gasteiger partial charge in [-0.2, -0.15) is 0 Å². The van der Waals surface area contributed by atoms with Gasteiger partial charge < -0.3 is 0 Å². The number of benzene rings is 4. The molecule has 4 aromatic carbocycles.